The van der Waals surface area contributed by atoms with Gasteiger partial charge in [-0.15, -0.1) is 0 Å². The molecule has 2 aliphatic rings. The topological polar surface area (TPSA) is 98.8 Å². The number of nitrogens with one attached hydrogen (secondary N) is 1. The van der Waals surface area contributed by atoms with E-state index in [-0.39, 0.29) is 5.92 Å². The van der Waals surface area contributed by atoms with Gasteiger partial charge in [-0.2, -0.15) is 18.3 Å². The third-order valence-electron chi connectivity index (χ3n) is 4.82. The Labute approximate surface area is 175 Å². The third kappa shape index (κ3) is 7.10. The molecule has 1 aromatic rings. The number of alkyl halides is 5. The highest BCUT2D eigenvalue weighted by Crippen LogP contribution is 2.29. The summed E-state index contributed by atoms with van der Waals surface area (Å²) in [6.07, 6.45) is -1.43. The van der Waals surface area contributed by atoms with Crippen molar-refractivity contribution in [2.45, 2.75) is 37.1 Å². The van der Waals surface area contributed by atoms with Crippen molar-refractivity contribution in [1.29, 1.82) is 0 Å². The van der Waals surface area contributed by atoms with Crippen LogP contribution in [0.1, 0.15) is 30.0 Å². The van der Waals surface area contributed by atoms with Crippen LogP contribution in [-0.2, 0) is 20.9 Å². The molecule has 30 heavy (non-hydrogen) atoms. The van der Waals surface area contributed by atoms with Gasteiger partial charge in [0.1, 0.15) is 0 Å². The number of hydrogen-bond donors (Lipinski definition) is 2. The maximum atomic E-state index is 13.1. The Hall–Kier alpha value is -1.92. The van der Waals surface area contributed by atoms with Crippen molar-refractivity contribution in [3.8, 4) is 0 Å². The highest BCUT2D eigenvalue weighted by Gasteiger charge is 2.38. The van der Waals surface area contributed by atoms with E-state index in [2.05, 4.69) is 15.1 Å². The van der Waals surface area contributed by atoms with E-state index in [9.17, 15) is 22.4 Å². The lowest BCUT2D eigenvalue weighted by molar-refractivity contribution is -0.192. The lowest BCUT2D eigenvalue weighted by Crippen LogP contribution is -2.42. The van der Waals surface area contributed by atoms with E-state index < -0.39 is 23.7 Å². The van der Waals surface area contributed by atoms with Crippen LogP contribution < -0.4 is 0 Å². The van der Waals surface area contributed by atoms with Gasteiger partial charge in [-0.05, 0) is 12.8 Å². The number of rotatable bonds is 4. The normalized spacial score (nSPS) is 21.5. The zero-order valence-electron chi connectivity index (χ0n) is 16.0. The zero-order chi connectivity index (χ0) is 22.3. The van der Waals surface area contributed by atoms with E-state index in [1.165, 1.54) is 4.90 Å². The molecule has 2 N–H and O–H groups in total. The molecule has 2 fully saturated rings. The summed E-state index contributed by atoms with van der Waals surface area (Å²) >= 11 is 5.30. The summed E-state index contributed by atoms with van der Waals surface area (Å²) in [5.74, 6) is -3.24. The molecule has 8 nitrogen and oxygen atoms in total. The molecule has 0 bridgehead atoms. The Morgan fingerprint density at radius 2 is 1.97 bits per heavy atom. The summed E-state index contributed by atoms with van der Waals surface area (Å²) in [5.41, 5.74) is 0.246. The Kier molecular flexibility index (Phi) is 8.86. The van der Waals surface area contributed by atoms with Crippen LogP contribution in [0.25, 0.3) is 0 Å². The van der Waals surface area contributed by atoms with Gasteiger partial charge in [0.05, 0.1) is 19.4 Å². The van der Waals surface area contributed by atoms with Crippen LogP contribution in [0.15, 0.2) is 6.20 Å². The van der Waals surface area contributed by atoms with E-state index in [1.807, 2.05) is 6.20 Å². The number of aromatic amines is 1. The van der Waals surface area contributed by atoms with Crippen LogP contribution in [0.2, 0.25) is 0 Å². The number of H-pyrrole nitrogens is 1. The van der Waals surface area contributed by atoms with Crippen molar-refractivity contribution in [1.82, 2.24) is 20.0 Å². The van der Waals surface area contributed by atoms with Crippen molar-refractivity contribution >= 4 is 23.5 Å². The smallest absolute Gasteiger partial charge is 0.475 e. The second-order valence-corrected chi connectivity index (χ2v) is 7.31. The second-order valence-electron chi connectivity index (χ2n) is 6.92. The van der Waals surface area contributed by atoms with Crippen molar-refractivity contribution in [3.63, 3.8) is 0 Å². The highest BCUT2D eigenvalue weighted by atomic mass is 35.5. The summed E-state index contributed by atoms with van der Waals surface area (Å²) in [6.45, 7) is 5.21. The number of carboxylic acids is 1. The summed E-state index contributed by atoms with van der Waals surface area (Å²) in [4.78, 5) is 24.5. The molecule has 3 rings (SSSR count). The summed E-state index contributed by atoms with van der Waals surface area (Å²) in [7, 11) is 0. The Morgan fingerprint density at radius 1 is 1.33 bits per heavy atom. The molecule has 0 spiro atoms. The molecule has 0 aromatic carbocycles. The predicted molar refractivity (Wildman–Crippen MR) is 97.7 cm³/mol. The first kappa shape index (κ1) is 24.4. The summed E-state index contributed by atoms with van der Waals surface area (Å²) in [6, 6.07) is 0. The zero-order valence-corrected chi connectivity index (χ0v) is 16.8. The van der Waals surface area contributed by atoms with Crippen LogP contribution in [0, 0.1) is 0 Å². The number of carboxylic acid groups (broad SMARTS) is 1. The molecule has 2 unspecified atom stereocenters. The Morgan fingerprint density at radius 3 is 2.53 bits per heavy atom. The van der Waals surface area contributed by atoms with Crippen LogP contribution in [0.3, 0.4) is 0 Å². The Balaban J connectivity index is 0.000000396. The van der Waals surface area contributed by atoms with Gasteiger partial charge in [0, 0.05) is 49.9 Å². The number of aliphatic carboxylic acids is 1. The molecule has 13 heteroatoms. The second kappa shape index (κ2) is 10.9. The number of carbonyl (C=O) groups is 2. The fourth-order valence-electron chi connectivity index (χ4n) is 3.35. The van der Waals surface area contributed by atoms with Gasteiger partial charge in [0.25, 0.3) is 11.5 Å². The number of aromatic nitrogens is 2. The molecule has 2 saturated heterocycles. The molecule has 0 radical (unpaired) electrons. The van der Waals surface area contributed by atoms with Gasteiger partial charge in [0.15, 0.2) is 0 Å². The van der Waals surface area contributed by atoms with Crippen molar-refractivity contribution in [2.24, 2.45) is 0 Å². The Bertz CT molecular complexity index is 710. The minimum atomic E-state index is -5.08. The predicted octanol–water partition coefficient (Wildman–Crippen LogP) is 2.12. The minimum absolute atomic E-state index is 0.154. The number of carbonyl (C=O) groups excluding carboxylic acids is 1. The fraction of sp³-hybridized carbons (Fsp3) is 0.706. The van der Waals surface area contributed by atoms with Crippen molar-refractivity contribution < 1.29 is 37.0 Å². The van der Waals surface area contributed by atoms with Gasteiger partial charge in [-0.25, -0.2) is 9.18 Å². The van der Waals surface area contributed by atoms with Gasteiger partial charge < -0.3 is 14.7 Å². The first-order chi connectivity index (χ1) is 14.1. The van der Waals surface area contributed by atoms with Gasteiger partial charge in [-0.3, -0.25) is 14.8 Å². The summed E-state index contributed by atoms with van der Waals surface area (Å²) < 4.78 is 50.2. The first-order valence-corrected chi connectivity index (χ1v) is 9.72. The van der Waals surface area contributed by atoms with E-state index in [0.29, 0.717) is 13.1 Å². The van der Waals surface area contributed by atoms with Crippen LogP contribution in [-0.4, -0.2) is 88.2 Å². The monoisotopic (exact) mass is 458 g/mol. The van der Waals surface area contributed by atoms with Gasteiger partial charge >= 0.3 is 12.1 Å². The van der Waals surface area contributed by atoms with Crippen LogP contribution in [0.4, 0.5) is 17.6 Å². The molecule has 3 heterocycles. The maximum Gasteiger partial charge on any atom is 0.490 e. The van der Waals surface area contributed by atoms with Crippen molar-refractivity contribution in [2.75, 3.05) is 39.4 Å². The highest BCUT2D eigenvalue weighted by molar-refractivity contribution is 6.29. The summed E-state index contributed by atoms with van der Waals surface area (Å²) in [5, 5.41) is 14.4. The number of ether oxygens (including phenoxy) is 1. The molecule has 0 aliphatic carbocycles. The standard InChI is InChI=1S/C15H22ClFN4O2.C2HF3O2/c16-14(17)15(22)21-3-1-2-11(10-21)13-12(8-18-19-13)9-20-4-6-23-7-5-20;3-2(4,5)1(6)7/h8,11,14H,1-7,9-10H2,(H,18,19);(H,6,7). The van der Waals surface area contributed by atoms with Crippen LogP contribution >= 0.6 is 11.6 Å². The largest absolute Gasteiger partial charge is 0.490 e. The number of morpholine rings is 1. The molecule has 170 valence electrons. The SMILES string of the molecule is O=C(C(F)Cl)N1CCCC(c2[nH]ncc2CN2CCOCC2)C1.O=C(O)C(F)(F)F. The molecule has 0 saturated carbocycles. The van der Waals surface area contributed by atoms with E-state index in [0.717, 1.165) is 56.9 Å². The lowest BCUT2D eigenvalue weighted by atomic mass is 9.92. The third-order valence-corrected chi connectivity index (χ3v) is 5.01. The van der Waals surface area contributed by atoms with E-state index in [4.69, 9.17) is 26.2 Å². The van der Waals surface area contributed by atoms with E-state index >= 15 is 0 Å². The number of amides is 1. The molecule has 1 amide bonds. The lowest BCUT2D eigenvalue weighted by Gasteiger charge is -2.33. The van der Waals surface area contributed by atoms with Crippen molar-refractivity contribution in [3.05, 3.63) is 17.5 Å². The number of halogens is 5. The molecule has 2 atom stereocenters. The van der Waals surface area contributed by atoms with Gasteiger partial charge in [-0.1, -0.05) is 11.6 Å². The number of likely N-dealkylation sites (tertiary alicyclic amines) is 1. The van der Waals surface area contributed by atoms with E-state index in [1.54, 1.807) is 0 Å². The molecular weight excluding hydrogens is 436 g/mol. The van der Waals surface area contributed by atoms with Gasteiger partial charge in [0.2, 0.25) is 0 Å². The molecular formula is C17H23ClF4N4O4. The molecule has 2 aliphatic heterocycles. The fourth-order valence-corrected chi connectivity index (χ4v) is 3.49. The first-order valence-electron chi connectivity index (χ1n) is 9.29. The average Bonchev–Trinajstić information content (AvgIpc) is 3.16. The minimum Gasteiger partial charge on any atom is -0.475 e. The van der Waals surface area contributed by atoms with Crippen LogP contribution in [0.5, 0.6) is 0 Å². The quantitative estimate of drug-likeness (QED) is 0.529. The molecule has 1 aromatic heterocycles. The number of nitrogens with zero attached hydrogens (tertiary/aromatic N) is 3. The average molecular weight is 459 g/mol. The number of hydrogen-bond acceptors (Lipinski definition) is 5. The number of piperidine rings is 1. The maximum absolute atomic E-state index is 13.1.